The molecule has 6 heteroatoms. The highest BCUT2D eigenvalue weighted by Crippen LogP contribution is 2.36. The van der Waals surface area contributed by atoms with Gasteiger partial charge >= 0.3 is 0 Å². The maximum Gasteiger partial charge on any atom is 0.259 e. The number of azide groups is 1. The average molecular weight is 339 g/mol. The Kier molecular flexibility index (Phi) is 3.07. The van der Waals surface area contributed by atoms with Crippen molar-refractivity contribution >= 4 is 21.7 Å². The molecule has 0 spiro atoms. The lowest BCUT2D eigenvalue weighted by molar-refractivity contribution is 0.804. The van der Waals surface area contributed by atoms with Crippen LogP contribution in [0.1, 0.15) is 11.1 Å². The first kappa shape index (κ1) is 14.7. The molecule has 0 N–H and O–H groups in total. The molecule has 2 aromatic carbocycles. The first-order valence-electron chi connectivity index (χ1n) is 8.32. The Bertz CT molecular complexity index is 1320. The number of rotatable bonds is 2. The van der Waals surface area contributed by atoms with Crippen molar-refractivity contribution in [1.29, 1.82) is 0 Å². The molecule has 0 fully saturated rings. The SMILES string of the molecule is [N-]=[N+]=NCc1c2c(nc3ccccc13)-c1cc3ccccc3c(=O)n1C2. The number of hydrogen-bond acceptors (Lipinski definition) is 3. The van der Waals surface area contributed by atoms with Gasteiger partial charge in [-0.3, -0.25) is 4.79 Å². The highest BCUT2D eigenvalue weighted by atomic mass is 16.1. The third kappa shape index (κ3) is 1.96. The van der Waals surface area contributed by atoms with Crippen LogP contribution in [0.5, 0.6) is 0 Å². The van der Waals surface area contributed by atoms with E-state index >= 15 is 0 Å². The van der Waals surface area contributed by atoms with E-state index in [1.807, 2.05) is 54.6 Å². The molecule has 4 aromatic rings. The maximum atomic E-state index is 13.0. The van der Waals surface area contributed by atoms with Crippen LogP contribution < -0.4 is 5.56 Å². The molecular formula is C20H13N5O. The van der Waals surface area contributed by atoms with Crippen LogP contribution in [-0.4, -0.2) is 9.55 Å². The summed E-state index contributed by atoms with van der Waals surface area (Å²) in [4.78, 5) is 20.7. The zero-order chi connectivity index (χ0) is 17.7. The first-order chi connectivity index (χ1) is 12.8. The van der Waals surface area contributed by atoms with E-state index < -0.39 is 0 Å². The van der Waals surface area contributed by atoms with E-state index in [0.29, 0.717) is 11.9 Å². The number of nitrogens with zero attached hydrogens (tertiary/aromatic N) is 5. The highest BCUT2D eigenvalue weighted by Gasteiger charge is 2.26. The molecule has 5 rings (SSSR count). The van der Waals surface area contributed by atoms with Crippen LogP contribution in [0, 0.1) is 0 Å². The molecule has 26 heavy (non-hydrogen) atoms. The van der Waals surface area contributed by atoms with Gasteiger partial charge in [-0.05, 0) is 34.7 Å². The summed E-state index contributed by atoms with van der Waals surface area (Å²) in [6.07, 6.45) is 0. The maximum absolute atomic E-state index is 13.0. The predicted molar refractivity (Wildman–Crippen MR) is 101 cm³/mol. The van der Waals surface area contributed by atoms with Crippen LogP contribution in [-0.2, 0) is 13.1 Å². The van der Waals surface area contributed by atoms with Crippen molar-refractivity contribution in [2.24, 2.45) is 5.11 Å². The molecule has 1 aliphatic rings. The van der Waals surface area contributed by atoms with Crippen molar-refractivity contribution in [3.8, 4) is 11.4 Å². The Morgan fingerprint density at radius 1 is 1.12 bits per heavy atom. The van der Waals surface area contributed by atoms with Crippen molar-refractivity contribution < 1.29 is 0 Å². The largest absolute Gasteiger partial charge is 0.302 e. The summed E-state index contributed by atoms with van der Waals surface area (Å²) < 4.78 is 1.76. The standard InChI is InChI=1S/C20H13N5O/c21-24-22-10-15-14-7-3-4-8-17(14)23-19-16(15)11-25-18(19)9-12-5-1-2-6-13(12)20(25)26/h1-9H,10-11H2. The summed E-state index contributed by atoms with van der Waals surface area (Å²) in [5.74, 6) is 0. The Balaban J connectivity index is 1.88. The first-order valence-corrected chi connectivity index (χ1v) is 8.32. The molecule has 0 amide bonds. The molecule has 6 nitrogen and oxygen atoms in total. The number of fused-ring (bicyclic) bond motifs is 5. The molecule has 2 aromatic heterocycles. The second-order valence-electron chi connectivity index (χ2n) is 6.33. The van der Waals surface area contributed by atoms with Crippen molar-refractivity contribution in [3.05, 3.63) is 86.5 Å². The van der Waals surface area contributed by atoms with Gasteiger partial charge in [0.1, 0.15) is 0 Å². The summed E-state index contributed by atoms with van der Waals surface area (Å²) >= 11 is 0. The van der Waals surface area contributed by atoms with Gasteiger partial charge in [0.25, 0.3) is 5.56 Å². The number of pyridine rings is 2. The van der Waals surface area contributed by atoms with Crippen molar-refractivity contribution in [2.45, 2.75) is 13.1 Å². The number of hydrogen-bond donors (Lipinski definition) is 0. The minimum atomic E-state index is -0.0186. The van der Waals surface area contributed by atoms with Gasteiger partial charge in [0.2, 0.25) is 0 Å². The van der Waals surface area contributed by atoms with Gasteiger partial charge in [-0.15, -0.1) is 0 Å². The van der Waals surface area contributed by atoms with Gasteiger partial charge in [0, 0.05) is 21.2 Å². The zero-order valence-corrected chi connectivity index (χ0v) is 13.8. The quantitative estimate of drug-likeness (QED) is 0.271. The van der Waals surface area contributed by atoms with Crippen LogP contribution in [0.2, 0.25) is 0 Å². The van der Waals surface area contributed by atoms with Crippen LogP contribution in [0.4, 0.5) is 0 Å². The second-order valence-corrected chi connectivity index (χ2v) is 6.33. The fourth-order valence-corrected chi connectivity index (χ4v) is 3.79. The molecule has 0 aliphatic carbocycles. The Morgan fingerprint density at radius 3 is 2.73 bits per heavy atom. The number of aromatic nitrogens is 2. The van der Waals surface area contributed by atoms with Crippen LogP contribution in [0.25, 0.3) is 43.5 Å². The monoisotopic (exact) mass is 339 g/mol. The summed E-state index contributed by atoms with van der Waals surface area (Å²) in [5, 5.41) is 6.34. The molecule has 0 saturated heterocycles. The lowest BCUT2D eigenvalue weighted by Gasteiger charge is -2.09. The minimum Gasteiger partial charge on any atom is -0.302 e. The third-order valence-corrected chi connectivity index (χ3v) is 4.98. The van der Waals surface area contributed by atoms with E-state index in [4.69, 9.17) is 10.5 Å². The van der Waals surface area contributed by atoms with Gasteiger partial charge in [-0.2, -0.15) is 0 Å². The number of benzene rings is 2. The van der Waals surface area contributed by atoms with Crippen LogP contribution in [0.3, 0.4) is 0 Å². The predicted octanol–water partition coefficient (Wildman–Crippen LogP) is 4.39. The van der Waals surface area contributed by atoms with Gasteiger partial charge in [-0.25, -0.2) is 4.98 Å². The van der Waals surface area contributed by atoms with E-state index in [9.17, 15) is 4.79 Å². The lowest BCUT2D eigenvalue weighted by Crippen LogP contribution is -2.18. The lowest BCUT2D eigenvalue weighted by atomic mass is 10.0. The average Bonchev–Trinajstić information content (AvgIpc) is 3.04. The molecule has 124 valence electrons. The topological polar surface area (TPSA) is 83.7 Å². The van der Waals surface area contributed by atoms with Gasteiger partial charge < -0.3 is 4.57 Å². The van der Waals surface area contributed by atoms with E-state index in [1.54, 1.807) is 4.57 Å². The summed E-state index contributed by atoms with van der Waals surface area (Å²) in [6.45, 7) is 0.687. The van der Waals surface area contributed by atoms with Gasteiger partial charge in [0.15, 0.2) is 0 Å². The van der Waals surface area contributed by atoms with Crippen LogP contribution >= 0.6 is 0 Å². The highest BCUT2D eigenvalue weighted by molar-refractivity contribution is 5.91. The summed E-state index contributed by atoms with van der Waals surface area (Å²) in [5.41, 5.74) is 13.1. The van der Waals surface area contributed by atoms with Gasteiger partial charge in [0.05, 0.1) is 30.0 Å². The fourth-order valence-electron chi connectivity index (χ4n) is 3.79. The molecule has 0 radical (unpaired) electrons. The molecular weight excluding hydrogens is 326 g/mol. The molecule has 0 unspecified atom stereocenters. The summed E-state index contributed by atoms with van der Waals surface area (Å²) in [7, 11) is 0. The second kappa shape index (κ2) is 5.44. The van der Waals surface area contributed by atoms with E-state index in [-0.39, 0.29) is 12.1 Å². The number of para-hydroxylation sites is 1. The van der Waals surface area contributed by atoms with E-state index in [1.165, 1.54) is 0 Å². The normalized spacial score (nSPS) is 12.0. The minimum absolute atomic E-state index is 0.0186. The van der Waals surface area contributed by atoms with Gasteiger partial charge in [-0.1, -0.05) is 41.5 Å². The van der Waals surface area contributed by atoms with E-state index in [2.05, 4.69) is 10.0 Å². The third-order valence-electron chi connectivity index (χ3n) is 4.98. The zero-order valence-electron chi connectivity index (χ0n) is 13.8. The molecule has 0 bridgehead atoms. The molecule has 1 aliphatic heterocycles. The summed E-state index contributed by atoms with van der Waals surface area (Å²) in [6, 6.07) is 17.4. The van der Waals surface area contributed by atoms with Crippen LogP contribution in [0.15, 0.2) is 64.5 Å². The Labute approximate surface area is 148 Å². The Morgan fingerprint density at radius 2 is 1.88 bits per heavy atom. The van der Waals surface area contributed by atoms with Crippen molar-refractivity contribution in [3.63, 3.8) is 0 Å². The fraction of sp³-hybridized carbons (Fsp3) is 0.100. The Hall–Kier alpha value is -3.63. The molecule has 0 atom stereocenters. The smallest absolute Gasteiger partial charge is 0.259 e. The molecule has 3 heterocycles. The van der Waals surface area contributed by atoms with E-state index in [0.717, 1.165) is 38.8 Å². The van der Waals surface area contributed by atoms with Crippen molar-refractivity contribution in [1.82, 2.24) is 9.55 Å². The van der Waals surface area contributed by atoms with Crippen molar-refractivity contribution in [2.75, 3.05) is 0 Å². The molecule has 0 saturated carbocycles.